The largest absolute Gasteiger partial charge is 0.386 e. The van der Waals surface area contributed by atoms with E-state index < -0.39 is 34.1 Å². The zero-order valence-corrected chi connectivity index (χ0v) is 17.1. The Bertz CT molecular complexity index is 537. The molecule has 29 heavy (non-hydrogen) atoms. The number of carbonyl (C=O) groups is 1. The van der Waals surface area contributed by atoms with Crippen LogP contribution < -0.4 is 0 Å². The molecule has 2 N–H and O–H groups in total. The molecule has 0 aliphatic rings. The summed E-state index contributed by atoms with van der Waals surface area (Å²) >= 11 is 0. The molecule has 0 amide bonds. The lowest BCUT2D eigenvalue weighted by Crippen LogP contribution is -2.33. The molecule has 0 rings (SSSR count). The highest BCUT2D eigenvalue weighted by molar-refractivity contribution is 5.48. The molecule has 0 aromatic carbocycles. The van der Waals surface area contributed by atoms with Gasteiger partial charge in [0.05, 0.1) is 0 Å². The average Bonchev–Trinajstić information content (AvgIpc) is 2.66. The molecule has 0 heterocycles. The molecule has 9 nitrogen and oxygen atoms in total. The first-order valence-electron chi connectivity index (χ1n) is 10.2. The van der Waals surface area contributed by atoms with Gasteiger partial charge in [0, 0.05) is 29.1 Å². The zero-order chi connectivity index (χ0) is 22.1. The predicted octanol–water partition coefficient (Wildman–Crippen LogP) is 3.23. The first-order valence-corrected chi connectivity index (χ1v) is 10.2. The van der Waals surface area contributed by atoms with Gasteiger partial charge in [-0.3, -0.25) is 20.2 Å². The lowest BCUT2D eigenvalue weighted by atomic mass is 10.0. The maximum absolute atomic E-state index is 11.2. The number of aliphatic hydroxyl groups is 2. The first kappa shape index (κ1) is 26.9. The van der Waals surface area contributed by atoms with Gasteiger partial charge < -0.3 is 15.0 Å². The minimum Gasteiger partial charge on any atom is -0.386 e. The number of nitro groups is 2. The van der Waals surface area contributed by atoms with Crippen molar-refractivity contribution in [3.63, 3.8) is 0 Å². The third kappa shape index (κ3) is 12.8. The fourth-order valence-electron chi connectivity index (χ4n) is 2.86. The normalized spacial score (nSPS) is 16.0. The lowest BCUT2D eigenvalue weighted by Gasteiger charge is -2.15. The molecule has 9 heteroatoms. The number of hydrogen-bond donors (Lipinski definition) is 2. The van der Waals surface area contributed by atoms with Crippen molar-refractivity contribution in [1.82, 2.24) is 0 Å². The van der Waals surface area contributed by atoms with Crippen molar-refractivity contribution in [3.05, 3.63) is 44.5 Å². The topological polar surface area (TPSA) is 144 Å². The summed E-state index contributed by atoms with van der Waals surface area (Å²) in [7, 11) is 0. The maximum Gasteiger partial charge on any atom is 0.242 e. The van der Waals surface area contributed by atoms with Gasteiger partial charge in [-0.2, -0.15) is 0 Å². The second-order valence-electron chi connectivity index (χ2n) is 7.08. The minimum atomic E-state index is -1.22. The zero-order valence-electron chi connectivity index (χ0n) is 17.1. The van der Waals surface area contributed by atoms with Gasteiger partial charge in [0.2, 0.25) is 12.1 Å². The number of aldehydes is 1. The maximum atomic E-state index is 11.2. The number of rotatable bonds is 18. The quantitative estimate of drug-likeness (QED) is 0.115. The van der Waals surface area contributed by atoms with Gasteiger partial charge in [-0.05, 0) is 32.1 Å². The van der Waals surface area contributed by atoms with E-state index in [1.165, 1.54) is 12.2 Å². The summed E-state index contributed by atoms with van der Waals surface area (Å²) < 4.78 is 0. The predicted molar refractivity (Wildman–Crippen MR) is 110 cm³/mol. The Balaban J connectivity index is 4.53. The Hall–Kier alpha value is -2.13. The van der Waals surface area contributed by atoms with Crippen LogP contribution in [-0.2, 0) is 4.79 Å². The van der Waals surface area contributed by atoms with E-state index in [2.05, 4.69) is 6.92 Å². The Labute approximate surface area is 171 Å². The Kier molecular flexibility index (Phi) is 15.6. The van der Waals surface area contributed by atoms with Crippen LogP contribution in [0.2, 0.25) is 0 Å². The van der Waals surface area contributed by atoms with Gasteiger partial charge in [0.15, 0.2) is 0 Å². The molecule has 0 radical (unpaired) electrons. The smallest absolute Gasteiger partial charge is 0.242 e. The standard InChI is InChI=1S/C20H34N2O7/c1-2-3-4-5-6-7-12-17(21(26)27)19(24)14-9-8-13-18(22(28)29)20(25)15-10-11-16-23/h6-9,16-20,24-25H,2-5,10-15H2,1H3/b7-6-,9-8-. The molecular weight excluding hydrogens is 380 g/mol. The van der Waals surface area contributed by atoms with Crippen molar-refractivity contribution in [3.8, 4) is 0 Å². The fourth-order valence-corrected chi connectivity index (χ4v) is 2.86. The van der Waals surface area contributed by atoms with Crippen LogP contribution >= 0.6 is 0 Å². The Morgan fingerprint density at radius 3 is 1.90 bits per heavy atom. The second-order valence-corrected chi connectivity index (χ2v) is 7.08. The van der Waals surface area contributed by atoms with Crippen LogP contribution in [0.5, 0.6) is 0 Å². The van der Waals surface area contributed by atoms with Crippen LogP contribution in [0.15, 0.2) is 24.3 Å². The van der Waals surface area contributed by atoms with Crippen molar-refractivity contribution in [2.45, 2.75) is 95.4 Å². The van der Waals surface area contributed by atoms with Gasteiger partial charge in [0.25, 0.3) is 0 Å². The molecule has 0 aliphatic heterocycles. The highest BCUT2D eigenvalue weighted by Gasteiger charge is 2.29. The highest BCUT2D eigenvalue weighted by Crippen LogP contribution is 2.14. The monoisotopic (exact) mass is 414 g/mol. The third-order valence-corrected chi connectivity index (χ3v) is 4.69. The lowest BCUT2D eigenvalue weighted by molar-refractivity contribution is -0.533. The second kappa shape index (κ2) is 16.8. The number of aliphatic hydroxyl groups excluding tert-OH is 2. The van der Waals surface area contributed by atoms with E-state index >= 15 is 0 Å². The van der Waals surface area contributed by atoms with E-state index in [1.54, 1.807) is 6.08 Å². The SMILES string of the molecule is CCCCC/C=C\CC(C(O)C/C=C\CC(C(O)CCCC=O)[N+](=O)[O-])[N+](=O)[O-]. The Morgan fingerprint density at radius 2 is 1.34 bits per heavy atom. The van der Waals surface area contributed by atoms with E-state index in [0.717, 1.165) is 25.7 Å². The highest BCUT2D eigenvalue weighted by atomic mass is 16.6. The molecule has 0 fully saturated rings. The number of nitrogens with zero attached hydrogens (tertiary/aromatic N) is 2. The molecule has 0 bridgehead atoms. The van der Waals surface area contributed by atoms with E-state index in [1.807, 2.05) is 6.08 Å². The average molecular weight is 414 g/mol. The van der Waals surface area contributed by atoms with Crippen molar-refractivity contribution in [2.24, 2.45) is 0 Å². The van der Waals surface area contributed by atoms with Gasteiger partial charge in [-0.1, -0.05) is 44.1 Å². The number of carbonyl (C=O) groups excluding carboxylic acids is 1. The van der Waals surface area contributed by atoms with Crippen LogP contribution in [0.25, 0.3) is 0 Å². The van der Waals surface area contributed by atoms with E-state index in [-0.39, 0.29) is 32.1 Å². The van der Waals surface area contributed by atoms with Crippen LogP contribution in [0, 0.1) is 20.2 Å². The minimum absolute atomic E-state index is 0.000985. The first-order chi connectivity index (χ1) is 13.8. The van der Waals surface area contributed by atoms with Crippen molar-refractivity contribution in [2.75, 3.05) is 0 Å². The number of unbranched alkanes of at least 4 members (excludes halogenated alkanes) is 4. The summed E-state index contributed by atoms with van der Waals surface area (Å²) in [4.78, 5) is 31.5. The molecule has 0 aromatic heterocycles. The van der Waals surface area contributed by atoms with Crippen LogP contribution in [-0.4, -0.2) is 50.6 Å². The van der Waals surface area contributed by atoms with Gasteiger partial charge in [-0.15, -0.1) is 0 Å². The molecule has 0 aromatic rings. The summed E-state index contributed by atoms with van der Waals surface area (Å²) in [5.41, 5.74) is 0. The van der Waals surface area contributed by atoms with Gasteiger partial charge in [-0.25, -0.2) is 0 Å². The molecule has 0 aliphatic carbocycles. The van der Waals surface area contributed by atoms with Crippen molar-refractivity contribution < 1.29 is 24.9 Å². The van der Waals surface area contributed by atoms with Gasteiger partial charge >= 0.3 is 0 Å². The molecule has 166 valence electrons. The molecule has 4 atom stereocenters. The molecule has 0 saturated heterocycles. The fraction of sp³-hybridized carbons (Fsp3) is 0.750. The summed E-state index contributed by atoms with van der Waals surface area (Å²) in [6, 6.07) is -2.35. The number of allylic oxidation sites excluding steroid dienone is 1. The summed E-state index contributed by atoms with van der Waals surface area (Å²) in [6.45, 7) is 2.10. The summed E-state index contributed by atoms with van der Waals surface area (Å²) in [6.07, 6.45) is 9.77. The number of hydrogen-bond acceptors (Lipinski definition) is 7. The summed E-state index contributed by atoms with van der Waals surface area (Å²) in [5, 5.41) is 42.3. The van der Waals surface area contributed by atoms with E-state index in [9.17, 15) is 35.2 Å². The van der Waals surface area contributed by atoms with Crippen molar-refractivity contribution in [1.29, 1.82) is 0 Å². The van der Waals surface area contributed by atoms with Crippen LogP contribution in [0.4, 0.5) is 0 Å². The van der Waals surface area contributed by atoms with Gasteiger partial charge in [0.1, 0.15) is 18.5 Å². The summed E-state index contributed by atoms with van der Waals surface area (Å²) in [5.74, 6) is 0. The molecular formula is C20H34N2O7. The molecule has 0 spiro atoms. The van der Waals surface area contributed by atoms with E-state index in [4.69, 9.17) is 0 Å². The van der Waals surface area contributed by atoms with Crippen LogP contribution in [0.1, 0.15) is 71.1 Å². The van der Waals surface area contributed by atoms with Crippen molar-refractivity contribution >= 4 is 6.29 Å². The van der Waals surface area contributed by atoms with Crippen LogP contribution in [0.3, 0.4) is 0 Å². The third-order valence-electron chi connectivity index (χ3n) is 4.69. The molecule has 4 unspecified atom stereocenters. The molecule has 0 saturated carbocycles. The Morgan fingerprint density at radius 1 is 0.793 bits per heavy atom. The van der Waals surface area contributed by atoms with E-state index in [0.29, 0.717) is 12.7 Å².